The Morgan fingerprint density at radius 1 is 1.00 bits per heavy atom. The zero-order valence-electron chi connectivity index (χ0n) is 14.3. The van der Waals surface area contributed by atoms with E-state index in [4.69, 9.17) is 4.74 Å². The number of piperidine rings is 1. The number of hydrogen-bond acceptors (Lipinski definition) is 3. The second-order valence-electron chi connectivity index (χ2n) is 7.20. The molecule has 0 bridgehead atoms. The Balaban J connectivity index is 1.48. The Morgan fingerprint density at radius 3 is 2.18 bits per heavy atom. The van der Waals surface area contributed by atoms with E-state index in [9.17, 15) is 0 Å². The number of likely N-dealkylation sites (tertiary alicyclic amines) is 1. The van der Waals surface area contributed by atoms with Crippen molar-refractivity contribution in [2.45, 2.75) is 58.4 Å². The molecule has 3 heteroatoms. The largest absolute Gasteiger partial charge is 0.373 e. The fourth-order valence-electron chi connectivity index (χ4n) is 3.91. The van der Waals surface area contributed by atoms with Gasteiger partial charge in [0.25, 0.3) is 0 Å². The first kappa shape index (κ1) is 16.0. The highest BCUT2D eigenvalue weighted by Gasteiger charge is 2.30. The van der Waals surface area contributed by atoms with Crippen molar-refractivity contribution in [3.8, 4) is 0 Å². The normalized spacial score (nSPS) is 28.9. The van der Waals surface area contributed by atoms with Gasteiger partial charge in [-0.15, -0.1) is 0 Å². The first-order valence-electron chi connectivity index (χ1n) is 8.77. The maximum Gasteiger partial charge on any atom is 0.0678 e. The Kier molecular flexibility index (Phi) is 5.17. The topological polar surface area (TPSA) is 15.7 Å². The monoisotopic (exact) mass is 302 g/mol. The molecule has 1 aromatic rings. The van der Waals surface area contributed by atoms with E-state index < -0.39 is 0 Å². The van der Waals surface area contributed by atoms with Crippen LogP contribution in [-0.4, -0.2) is 54.2 Å². The lowest BCUT2D eigenvalue weighted by Crippen LogP contribution is -2.53. The summed E-state index contributed by atoms with van der Waals surface area (Å²) < 4.78 is 5.86. The number of hydrogen-bond donors (Lipinski definition) is 0. The van der Waals surface area contributed by atoms with Crippen molar-refractivity contribution in [2.24, 2.45) is 0 Å². The van der Waals surface area contributed by atoms with E-state index in [1.807, 2.05) is 0 Å². The van der Waals surface area contributed by atoms with Gasteiger partial charge in [0, 0.05) is 25.7 Å². The lowest BCUT2D eigenvalue weighted by Gasteiger charge is -2.43. The highest BCUT2D eigenvalue weighted by molar-refractivity contribution is 5.21. The summed E-state index contributed by atoms with van der Waals surface area (Å²) in [5.74, 6) is 0. The van der Waals surface area contributed by atoms with Crippen molar-refractivity contribution in [2.75, 3.05) is 26.2 Å². The zero-order valence-corrected chi connectivity index (χ0v) is 14.3. The second-order valence-corrected chi connectivity index (χ2v) is 7.20. The molecule has 122 valence electrons. The second kappa shape index (κ2) is 7.12. The molecule has 2 atom stereocenters. The minimum absolute atomic E-state index is 0.384. The summed E-state index contributed by atoms with van der Waals surface area (Å²) in [7, 11) is 0. The highest BCUT2D eigenvalue weighted by Crippen LogP contribution is 2.22. The van der Waals surface area contributed by atoms with Crippen LogP contribution in [0.2, 0.25) is 0 Å². The van der Waals surface area contributed by atoms with Crippen molar-refractivity contribution in [1.29, 1.82) is 0 Å². The fraction of sp³-hybridized carbons (Fsp3) is 0.684. The van der Waals surface area contributed by atoms with Gasteiger partial charge in [-0.25, -0.2) is 0 Å². The molecule has 0 aliphatic carbocycles. The molecule has 0 N–H and O–H groups in total. The minimum Gasteiger partial charge on any atom is -0.373 e. The van der Waals surface area contributed by atoms with Crippen LogP contribution < -0.4 is 0 Å². The van der Waals surface area contributed by atoms with Gasteiger partial charge in [-0.3, -0.25) is 9.80 Å². The van der Waals surface area contributed by atoms with Crippen molar-refractivity contribution in [3.05, 3.63) is 35.4 Å². The Hall–Kier alpha value is -0.900. The van der Waals surface area contributed by atoms with E-state index >= 15 is 0 Å². The predicted octanol–water partition coefficient (Wildman–Crippen LogP) is 3.07. The third kappa shape index (κ3) is 4.09. The molecule has 22 heavy (non-hydrogen) atoms. The van der Waals surface area contributed by atoms with E-state index in [-0.39, 0.29) is 0 Å². The number of ether oxygens (including phenoxy) is 1. The summed E-state index contributed by atoms with van der Waals surface area (Å²) in [6, 6.07) is 9.74. The molecule has 0 amide bonds. The Morgan fingerprint density at radius 2 is 1.59 bits per heavy atom. The van der Waals surface area contributed by atoms with Gasteiger partial charge < -0.3 is 4.74 Å². The van der Waals surface area contributed by atoms with Gasteiger partial charge in [0.1, 0.15) is 0 Å². The van der Waals surface area contributed by atoms with Crippen LogP contribution in [-0.2, 0) is 11.3 Å². The minimum atomic E-state index is 0.384. The van der Waals surface area contributed by atoms with E-state index in [0.29, 0.717) is 12.2 Å². The van der Waals surface area contributed by atoms with Crippen molar-refractivity contribution >= 4 is 0 Å². The molecule has 0 spiro atoms. The van der Waals surface area contributed by atoms with Gasteiger partial charge in [-0.05, 0) is 52.3 Å². The zero-order chi connectivity index (χ0) is 15.5. The van der Waals surface area contributed by atoms with Gasteiger partial charge in [0.05, 0.1) is 12.2 Å². The number of benzene rings is 1. The van der Waals surface area contributed by atoms with Crippen LogP contribution in [0, 0.1) is 6.92 Å². The summed E-state index contributed by atoms with van der Waals surface area (Å²) in [5, 5.41) is 0. The van der Waals surface area contributed by atoms with Crippen molar-refractivity contribution in [3.63, 3.8) is 0 Å². The quantitative estimate of drug-likeness (QED) is 0.853. The molecule has 2 fully saturated rings. The molecule has 2 aliphatic rings. The summed E-state index contributed by atoms with van der Waals surface area (Å²) >= 11 is 0. The maximum atomic E-state index is 5.86. The lowest BCUT2D eigenvalue weighted by atomic mass is 10.0. The number of aryl methyl sites for hydroxylation is 1. The maximum absolute atomic E-state index is 5.86. The first-order chi connectivity index (χ1) is 10.6. The van der Waals surface area contributed by atoms with Crippen LogP contribution in [0.5, 0.6) is 0 Å². The standard InChI is InChI=1S/C19H30N2O/c1-15-4-6-18(7-5-15)14-20-10-8-19(9-11-20)21-12-16(2)22-17(3)13-21/h4-7,16-17,19H,8-14H2,1-3H3/t16-,17-/m0/s1. The Labute approximate surface area is 135 Å². The van der Waals surface area contributed by atoms with E-state index in [0.717, 1.165) is 25.7 Å². The van der Waals surface area contributed by atoms with Gasteiger partial charge in [0.15, 0.2) is 0 Å². The lowest BCUT2D eigenvalue weighted by molar-refractivity contribution is -0.0865. The summed E-state index contributed by atoms with van der Waals surface area (Å²) in [4.78, 5) is 5.27. The summed E-state index contributed by atoms with van der Waals surface area (Å²) in [6.07, 6.45) is 3.36. The summed E-state index contributed by atoms with van der Waals surface area (Å²) in [6.45, 7) is 12.3. The van der Waals surface area contributed by atoms with Crippen molar-refractivity contribution in [1.82, 2.24) is 9.80 Å². The molecule has 2 heterocycles. The fourth-order valence-corrected chi connectivity index (χ4v) is 3.91. The van der Waals surface area contributed by atoms with Crippen LogP contribution in [0.1, 0.15) is 37.8 Å². The molecule has 0 aromatic heterocycles. The molecule has 1 aromatic carbocycles. The van der Waals surface area contributed by atoms with Gasteiger partial charge in [-0.2, -0.15) is 0 Å². The SMILES string of the molecule is Cc1ccc(CN2CCC(N3C[C@H](C)O[C@@H](C)C3)CC2)cc1. The predicted molar refractivity (Wildman–Crippen MR) is 91.1 cm³/mol. The smallest absolute Gasteiger partial charge is 0.0678 e. The van der Waals surface area contributed by atoms with Crippen LogP contribution in [0.4, 0.5) is 0 Å². The highest BCUT2D eigenvalue weighted by atomic mass is 16.5. The molecule has 3 nitrogen and oxygen atoms in total. The number of rotatable bonds is 3. The third-order valence-corrected chi connectivity index (χ3v) is 5.05. The average Bonchev–Trinajstić information content (AvgIpc) is 2.49. The van der Waals surface area contributed by atoms with Gasteiger partial charge >= 0.3 is 0 Å². The van der Waals surface area contributed by atoms with Crippen LogP contribution in [0.25, 0.3) is 0 Å². The van der Waals surface area contributed by atoms with E-state index in [1.165, 1.54) is 37.1 Å². The third-order valence-electron chi connectivity index (χ3n) is 5.05. The van der Waals surface area contributed by atoms with Crippen LogP contribution in [0.3, 0.4) is 0 Å². The van der Waals surface area contributed by atoms with Gasteiger partial charge in [0.2, 0.25) is 0 Å². The molecular formula is C19H30N2O. The number of morpholine rings is 1. The summed E-state index contributed by atoms with van der Waals surface area (Å²) in [5.41, 5.74) is 2.79. The van der Waals surface area contributed by atoms with Gasteiger partial charge in [-0.1, -0.05) is 29.8 Å². The number of nitrogens with zero attached hydrogens (tertiary/aromatic N) is 2. The molecule has 2 aliphatic heterocycles. The molecular weight excluding hydrogens is 272 g/mol. The molecule has 0 unspecified atom stereocenters. The van der Waals surface area contributed by atoms with Crippen LogP contribution >= 0.6 is 0 Å². The van der Waals surface area contributed by atoms with E-state index in [2.05, 4.69) is 54.8 Å². The first-order valence-corrected chi connectivity index (χ1v) is 8.77. The molecule has 3 rings (SSSR count). The molecule has 0 radical (unpaired) electrons. The average molecular weight is 302 g/mol. The Bertz CT molecular complexity index is 455. The molecule has 0 saturated carbocycles. The van der Waals surface area contributed by atoms with Crippen molar-refractivity contribution < 1.29 is 4.74 Å². The van der Waals surface area contributed by atoms with Crippen LogP contribution in [0.15, 0.2) is 24.3 Å². The molecule has 2 saturated heterocycles. The van der Waals surface area contributed by atoms with E-state index in [1.54, 1.807) is 0 Å².